The Morgan fingerprint density at radius 3 is 2.76 bits per heavy atom. The van der Waals surface area contributed by atoms with E-state index in [4.69, 9.17) is 11.2 Å². The van der Waals surface area contributed by atoms with E-state index in [0.717, 1.165) is 35.5 Å². The normalized spacial score (nSPS) is 20.0. The molecule has 1 fully saturated rings. The minimum atomic E-state index is 0.0283. The van der Waals surface area contributed by atoms with Gasteiger partial charge in [0.1, 0.15) is 18.2 Å². The third-order valence-electron chi connectivity index (χ3n) is 5.12. The van der Waals surface area contributed by atoms with Crippen molar-refractivity contribution < 1.29 is 9.53 Å². The number of hydrogen-bond donors (Lipinski definition) is 1. The van der Waals surface area contributed by atoms with Gasteiger partial charge in [0, 0.05) is 17.9 Å². The number of carbonyl (C=O) groups excluding carboxylic acids is 1. The van der Waals surface area contributed by atoms with Crippen LogP contribution in [0.5, 0.6) is 5.75 Å². The second-order valence-corrected chi connectivity index (χ2v) is 6.70. The van der Waals surface area contributed by atoms with Gasteiger partial charge in [0.05, 0.1) is 12.2 Å². The lowest BCUT2D eigenvalue weighted by molar-refractivity contribution is -0.116. The summed E-state index contributed by atoms with van der Waals surface area (Å²) in [7, 11) is 0. The molecule has 5 heteroatoms. The Kier molecular flexibility index (Phi) is 4.19. The van der Waals surface area contributed by atoms with E-state index in [1.54, 1.807) is 0 Å². The highest BCUT2D eigenvalue weighted by Crippen LogP contribution is 2.40. The average Bonchev–Trinajstić information content (AvgIpc) is 3.29. The van der Waals surface area contributed by atoms with Gasteiger partial charge in [-0.3, -0.25) is 4.79 Å². The molecule has 1 saturated carbocycles. The van der Waals surface area contributed by atoms with E-state index in [0.29, 0.717) is 12.5 Å². The van der Waals surface area contributed by atoms with E-state index < -0.39 is 0 Å². The molecule has 128 valence electrons. The molecule has 1 aliphatic carbocycles. The smallest absolute Gasteiger partial charge is 0.226 e. The van der Waals surface area contributed by atoms with Crippen LogP contribution < -0.4 is 10.1 Å². The van der Waals surface area contributed by atoms with E-state index in [9.17, 15) is 4.79 Å². The lowest BCUT2D eigenvalue weighted by atomic mass is 9.87. The number of hydrogen-bond acceptors (Lipinski definition) is 3. The molecule has 2 aromatic rings. The molecule has 5 nitrogen and oxygen atoms in total. The van der Waals surface area contributed by atoms with Crippen LogP contribution in [0.2, 0.25) is 0 Å². The number of anilines is 1. The second kappa shape index (κ2) is 6.64. The highest BCUT2D eigenvalue weighted by Gasteiger charge is 2.32. The van der Waals surface area contributed by atoms with Crippen molar-refractivity contribution in [1.29, 1.82) is 0 Å². The van der Waals surface area contributed by atoms with E-state index in [2.05, 4.69) is 16.3 Å². The predicted octanol–water partition coefficient (Wildman–Crippen LogP) is 3.48. The van der Waals surface area contributed by atoms with Crippen molar-refractivity contribution in [3.63, 3.8) is 0 Å². The molecule has 1 aromatic heterocycles. The molecule has 1 N–H and O–H groups in total. The topological polar surface area (TPSA) is 56.1 Å². The number of fused-ring (bicyclic) bond motifs is 1. The van der Waals surface area contributed by atoms with Crippen molar-refractivity contribution in [3.8, 4) is 18.1 Å². The number of terminal acetylenes is 1. The fraction of sp³-hybridized carbons (Fsp3) is 0.400. The lowest BCUT2D eigenvalue weighted by Gasteiger charge is -2.25. The van der Waals surface area contributed by atoms with E-state index >= 15 is 0 Å². The van der Waals surface area contributed by atoms with Crippen LogP contribution in [-0.4, -0.2) is 22.3 Å². The summed E-state index contributed by atoms with van der Waals surface area (Å²) in [6, 6.07) is 8.22. The van der Waals surface area contributed by atoms with Crippen molar-refractivity contribution >= 4 is 11.7 Å². The summed E-state index contributed by atoms with van der Waals surface area (Å²) in [5, 5.41) is 7.64. The molecule has 2 heterocycles. The average molecular weight is 335 g/mol. The van der Waals surface area contributed by atoms with Crippen LogP contribution in [0, 0.1) is 12.3 Å². The van der Waals surface area contributed by atoms with Crippen LogP contribution in [0.25, 0.3) is 0 Å². The van der Waals surface area contributed by atoms with Gasteiger partial charge in [0.25, 0.3) is 0 Å². The molecule has 0 bridgehead atoms. The van der Waals surface area contributed by atoms with E-state index in [-0.39, 0.29) is 18.4 Å². The molecule has 4 rings (SSSR count). The summed E-state index contributed by atoms with van der Waals surface area (Å²) in [4.78, 5) is 12.3. The molecule has 1 aliphatic heterocycles. The first-order chi connectivity index (χ1) is 12.3. The monoisotopic (exact) mass is 335 g/mol. The van der Waals surface area contributed by atoms with Crippen LogP contribution in [0.15, 0.2) is 30.5 Å². The number of amides is 1. The van der Waals surface area contributed by atoms with Gasteiger partial charge in [-0.25, -0.2) is 4.68 Å². The quantitative estimate of drug-likeness (QED) is 0.870. The first-order valence-corrected chi connectivity index (χ1v) is 8.79. The van der Waals surface area contributed by atoms with Gasteiger partial charge in [-0.1, -0.05) is 30.9 Å². The summed E-state index contributed by atoms with van der Waals surface area (Å²) in [6.07, 6.45) is 12.3. The number of benzene rings is 1. The Labute approximate surface area is 147 Å². The van der Waals surface area contributed by atoms with E-state index in [1.807, 2.05) is 35.1 Å². The molecular formula is C20H21N3O2. The molecular weight excluding hydrogens is 314 g/mol. The first kappa shape index (κ1) is 15.8. The molecule has 0 saturated heterocycles. The predicted molar refractivity (Wildman–Crippen MR) is 95.6 cm³/mol. The second-order valence-electron chi connectivity index (χ2n) is 6.70. The SMILES string of the molecule is C#CCOc1ccc([C@H]2CC(=O)Nc3c2cnn3C2CCCC2)cc1. The van der Waals surface area contributed by atoms with Crippen LogP contribution in [0.3, 0.4) is 0 Å². The Hall–Kier alpha value is -2.74. The van der Waals surface area contributed by atoms with Crippen molar-refractivity contribution in [2.45, 2.75) is 44.1 Å². The molecule has 2 aliphatic rings. The van der Waals surface area contributed by atoms with Crippen molar-refractivity contribution in [2.75, 3.05) is 11.9 Å². The summed E-state index contributed by atoms with van der Waals surface area (Å²) >= 11 is 0. The van der Waals surface area contributed by atoms with Gasteiger partial charge in [0.2, 0.25) is 5.91 Å². The summed E-state index contributed by atoms with van der Waals surface area (Å²) < 4.78 is 7.45. The summed E-state index contributed by atoms with van der Waals surface area (Å²) in [5.74, 6) is 4.15. The van der Waals surface area contributed by atoms with Crippen molar-refractivity contribution in [1.82, 2.24) is 9.78 Å². The molecule has 1 aromatic carbocycles. The van der Waals surface area contributed by atoms with Crippen LogP contribution in [-0.2, 0) is 4.79 Å². The number of nitrogens with zero attached hydrogens (tertiary/aromatic N) is 2. The van der Waals surface area contributed by atoms with Gasteiger partial charge in [-0.15, -0.1) is 6.42 Å². The zero-order chi connectivity index (χ0) is 17.2. The molecule has 0 unspecified atom stereocenters. The number of ether oxygens (including phenoxy) is 1. The Bertz CT molecular complexity index is 810. The summed E-state index contributed by atoms with van der Waals surface area (Å²) in [5.41, 5.74) is 2.19. The van der Waals surface area contributed by atoms with E-state index in [1.165, 1.54) is 12.8 Å². The van der Waals surface area contributed by atoms with Crippen LogP contribution in [0.1, 0.15) is 55.2 Å². The molecule has 25 heavy (non-hydrogen) atoms. The van der Waals surface area contributed by atoms with Gasteiger partial charge in [0.15, 0.2) is 0 Å². The molecule has 1 amide bonds. The maximum Gasteiger partial charge on any atom is 0.226 e. The molecule has 1 atom stereocenters. The maximum atomic E-state index is 12.3. The Morgan fingerprint density at radius 2 is 2.04 bits per heavy atom. The van der Waals surface area contributed by atoms with Gasteiger partial charge in [-0.2, -0.15) is 5.10 Å². The first-order valence-electron chi connectivity index (χ1n) is 8.79. The largest absolute Gasteiger partial charge is 0.481 e. The minimum absolute atomic E-state index is 0.0283. The van der Waals surface area contributed by atoms with Gasteiger partial charge in [-0.05, 0) is 30.5 Å². The van der Waals surface area contributed by atoms with Gasteiger partial charge < -0.3 is 10.1 Å². The van der Waals surface area contributed by atoms with Crippen molar-refractivity contribution in [3.05, 3.63) is 41.6 Å². The highest BCUT2D eigenvalue weighted by molar-refractivity contribution is 5.94. The lowest BCUT2D eigenvalue weighted by Crippen LogP contribution is -2.25. The summed E-state index contributed by atoms with van der Waals surface area (Å²) in [6.45, 7) is 0.253. The fourth-order valence-corrected chi connectivity index (χ4v) is 3.88. The zero-order valence-corrected chi connectivity index (χ0v) is 14.1. The maximum absolute atomic E-state index is 12.3. The van der Waals surface area contributed by atoms with Crippen molar-refractivity contribution in [2.24, 2.45) is 0 Å². The third kappa shape index (κ3) is 3.00. The Morgan fingerprint density at radius 1 is 1.28 bits per heavy atom. The van der Waals surface area contributed by atoms with Crippen LogP contribution >= 0.6 is 0 Å². The number of carbonyl (C=O) groups is 1. The Balaban J connectivity index is 1.63. The fourth-order valence-electron chi connectivity index (χ4n) is 3.88. The standard InChI is InChI=1S/C20H21N3O2/c1-2-11-25-16-9-7-14(8-10-16)17-12-19(24)22-20-18(17)13-21-23(20)15-5-3-4-6-15/h1,7-10,13,15,17H,3-6,11-12H2,(H,22,24)/t17-/m1/s1. The number of nitrogens with one attached hydrogen (secondary N) is 1. The van der Waals surface area contributed by atoms with Crippen LogP contribution in [0.4, 0.5) is 5.82 Å². The number of rotatable bonds is 4. The number of aromatic nitrogens is 2. The zero-order valence-electron chi connectivity index (χ0n) is 14.1. The molecule has 0 spiro atoms. The molecule has 0 radical (unpaired) electrons. The third-order valence-corrected chi connectivity index (χ3v) is 5.12. The highest BCUT2D eigenvalue weighted by atomic mass is 16.5. The minimum Gasteiger partial charge on any atom is -0.481 e. The van der Waals surface area contributed by atoms with Gasteiger partial charge >= 0.3 is 0 Å².